The third-order valence-corrected chi connectivity index (χ3v) is 7.00. The van der Waals surface area contributed by atoms with Crippen LogP contribution in [0.2, 0.25) is 0 Å². The molecule has 1 heteroatoms. The summed E-state index contributed by atoms with van der Waals surface area (Å²) in [5.74, 6) is 0. The Morgan fingerprint density at radius 3 is 2.30 bits per heavy atom. The zero-order valence-corrected chi connectivity index (χ0v) is 23.0. The molecule has 33 heavy (non-hydrogen) atoms. The van der Waals surface area contributed by atoms with Gasteiger partial charge in [0.2, 0.25) is 0 Å². The van der Waals surface area contributed by atoms with E-state index in [1.807, 2.05) is 13.8 Å². The Morgan fingerprint density at radius 2 is 1.67 bits per heavy atom. The lowest BCUT2D eigenvalue weighted by molar-refractivity contribution is 0.329. The summed E-state index contributed by atoms with van der Waals surface area (Å²) in [5, 5.41) is 0. The Balaban J connectivity index is 0.00000187. The van der Waals surface area contributed by atoms with Gasteiger partial charge in [0.25, 0.3) is 0 Å². The zero-order chi connectivity index (χ0) is 25.0. The van der Waals surface area contributed by atoms with Gasteiger partial charge in [0, 0.05) is 6.20 Å². The van der Waals surface area contributed by atoms with Crippen LogP contribution in [0.3, 0.4) is 0 Å². The van der Waals surface area contributed by atoms with Crippen molar-refractivity contribution >= 4 is 11.1 Å². The van der Waals surface area contributed by atoms with E-state index in [-0.39, 0.29) is 10.8 Å². The van der Waals surface area contributed by atoms with Crippen LogP contribution >= 0.6 is 0 Å². The summed E-state index contributed by atoms with van der Waals surface area (Å²) < 4.78 is 0. The molecule has 0 bridgehead atoms. The molecule has 0 saturated carbocycles. The molecule has 0 saturated heterocycles. The van der Waals surface area contributed by atoms with Gasteiger partial charge < -0.3 is 0 Å². The Bertz CT molecular complexity index is 1000. The fourth-order valence-electron chi connectivity index (χ4n) is 5.78. The molecule has 1 aliphatic rings. The summed E-state index contributed by atoms with van der Waals surface area (Å²) in [7, 11) is 0. The number of pyridine rings is 1. The number of rotatable bonds is 7. The van der Waals surface area contributed by atoms with Crippen molar-refractivity contribution < 1.29 is 0 Å². The first-order chi connectivity index (χ1) is 15.4. The molecule has 180 valence electrons. The highest BCUT2D eigenvalue weighted by Crippen LogP contribution is 2.49. The van der Waals surface area contributed by atoms with Gasteiger partial charge in [0.05, 0.1) is 5.69 Å². The molecule has 1 aromatic heterocycles. The van der Waals surface area contributed by atoms with Gasteiger partial charge in [-0.25, -0.2) is 0 Å². The van der Waals surface area contributed by atoms with Gasteiger partial charge in [-0.1, -0.05) is 99.6 Å². The third kappa shape index (κ3) is 6.25. The molecule has 0 aliphatic heterocycles. The minimum atomic E-state index is 0.174. The third-order valence-electron chi connectivity index (χ3n) is 7.00. The van der Waals surface area contributed by atoms with Crippen LogP contribution < -0.4 is 0 Å². The molecule has 0 fully saturated rings. The normalized spacial score (nSPS) is 16.6. The summed E-state index contributed by atoms with van der Waals surface area (Å²) in [6.07, 6.45) is 9.01. The zero-order valence-electron chi connectivity index (χ0n) is 23.0. The second kappa shape index (κ2) is 10.4. The molecule has 3 rings (SSSR count). The van der Waals surface area contributed by atoms with Crippen molar-refractivity contribution in [2.45, 2.75) is 106 Å². The van der Waals surface area contributed by atoms with E-state index in [2.05, 4.69) is 105 Å². The van der Waals surface area contributed by atoms with Crippen LogP contribution in [-0.2, 0) is 17.3 Å². The van der Waals surface area contributed by atoms with Crippen molar-refractivity contribution in [3.63, 3.8) is 0 Å². The smallest absolute Gasteiger partial charge is 0.0699 e. The fraction of sp³-hybridized carbons (Fsp3) is 0.531. The molecule has 1 aliphatic carbocycles. The second-order valence-corrected chi connectivity index (χ2v) is 11.7. The first-order valence-corrected chi connectivity index (χ1v) is 12.8. The van der Waals surface area contributed by atoms with E-state index in [0.29, 0.717) is 5.41 Å². The van der Waals surface area contributed by atoms with E-state index >= 15 is 0 Å². The summed E-state index contributed by atoms with van der Waals surface area (Å²) in [6, 6.07) is 11.1. The van der Waals surface area contributed by atoms with Gasteiger partial charge in [-0.15, -0.1) is 0 Å². The van der Waals surface area contributed by atoms with E-state index in [4.69, 9.17) is 4.98 Å². The van der Waals surface area contributed by atoms with E-state index in [9.17, 15) is 0 Å². The SMILES string of the molecule is C=C(/C=C(\C)c1ccccc1CC(C)(C)CCC)c1cc2c(cn1)C(C)(C)CC2(C)C.CC. The van der Waals surface area contributed by atoms with Crippen LogP contribution in [0.5, 0.6) is 0 Å². The van der Waals surface area contributed by atoms with Crippen molar-refractivity contribution in [2.24, 2.45) is 5.41 Å². The summed E-state index contributed by atoms with van der Waals surface area (Å²) >= 11 is 0. The largest absolute Gasteiger partial charge is 0.256 e. The molecule has 0 unspecified atom stereocenters. The summed E-state index contributed by atoms with van der Waals surface area (Å²) in [6.45, 7) is 27.0. The first kappa shape index (κ1) is 27.1. The molecule has 0 radical (unpaired) electrons. The van der Waals surface area contributed by atoms with Crippen LogP contribution in [0, 0.1) is 5.41 Å². The maximum Gasteiger partial charge on any atom is 0.0699 e. The minimum Gasteiger partial charge on any atom is -0.256 e. The molecule has 2 aromatic rings. The van der Waals surface area contributed by atoms with E-state index < -0.39 is 0 Å². The predicted molar refractivity (Wildman–Crippen MR) is 148 cm³/mol. The quantitative estimate of drug-likeness (QED) is 0.387. The number of allylic oxidation sites excluding steroid dienone is 3. The van der Waals surface area contributed by atoms with Crippen LogP contribution in [-0.4, -0.2) is 4.98 Å². The topological polar surface area (TPSA) is 12.9 Å². The van der Waals surface area contributed by atoms with Gasteiger partial charge in [-0.05, 0) is 88.0 Å². The maximum atomic E-state index is 4.82. The lowest BCUT2D eigenvalue weighted by Gasteiger charge is -2.25. The fourth-order valence-corrected chi connectivity index (χ4v) is 5.78. The van der Waals surface area contributed by atoms with Crippen LogP contribution in [0.1, 0.15) is 116 Å². The Labute approximate surface area is 204 Å². The van der Waals surface area contributed by atoms with Crippen molar-refractivity contribution in [3.05, 3.63) is 77.1 Å². The number of hydrogen-bond acceptors (Lipinski definition) is 1. The van der Waals surface area contributed by atoms with E-state index in [1.165, 1.54) is 40.7 Å². The highest BCUT2D eigenvalue weighted by molar-refractivity contribution is 5.82. The summed E-state index contributed by atoms with van der Waals surface area (Å²) in [4.78, 5) is 4.82. The summed E-state index contributed by atoms with van der Waals surface area (Å²) in [5.41, 5.74) is 9.47. The van der Waals surface area contributed by atoms with Crippen molar-refractivity contribution in [3.8, 4) is 0 Å². The molecular weight excluding hydrogens is 398 g/mol. The van der Waals surface area contributed by atoms with E-state index in [1.54, 1.807) is 0 Å². The second-order valence-electron chi connectivity index (χ2n) is 11.7. The van der Waals surface area contributed by atoms with Crippen molar-refractivity contribution in [2.75, 3.05) is 0 Å². The van der Waals surface area contributed by atoms with Crippen molar-refractivity contribution in [1.29, 1.82) is 0 Å². The highest BCUT2D eigenvalue weighted by Gasteiger charge is 2.42. The highest BCUT2D eigenvalue weighted by atomic mass is 14.7. The number of aromatic nitrogens is 1. The monoisotopic (exact) mass is 445 g/mol. The molecule has 1 heterocycles. The van der Waals surface area contributed by atoms with Crippen LogP contribution in [0.4, 0.5) is 0 Å². The average molecular weight is 446 g/mol. The lowest BCUT2D eigenvalue weighted by Crippen LogP contribution is -2.17. The Hall–Kier alpha value is -2.15. The van der Waals surface area contributed by atoms with Crippen LogP contribution in [0.15, 0.2) is 49.2 Å². The van der Waals surface area contributed by atoms with Crippen LogP contribution in [0.25, 0.3) is 11.1 Å². The number of benzene rings is 1. The van der Waals surface area contributed by atoms with Gasteiger partial charge in [-0.3, -0.25) is 4.98 Å². The lowest BCUT2D eigenvalue weighted by atomic mass is 9.80. The predicted octanol–water partition coefficient (Wildman–Crippen LogP) is 9.55. The first-order valence-electron chi connectivity index (χ1n) is 12.8. The Kier molecular flexibility index (Phi) is 8.55. The average Bonchev–Trinajstić information content (AvgIpc) is 2.92. The minimum absolute atomic E-state index is 0.174. The van der Waals surface area contributed by atoms with Gasteiger partial charge in [0.15, 0.2) is 0 Å². The molecule has 0 N–H and O–H groups in total. The number of hydrogen-bond donors (Lipinski definition) is 0. The molecule has 1 nitrogen and oxygen atoms in total. The van der Waals surface area contributed by atoms with Gasteiger partial charge >= 0.3 is 0 Å². The van der Waals surface area contributed by atoms with Gasteiger partial charge in [-0.2, -0.15) is 0 Å². The molecule has 1 aromatic carbocycles. The number of fused-ring (bicyclic) bond motifs is 1. The molecule has 0 spiro atoms. The van der Waals surface area contributed by atoms with E-state index in [0.717, 1.165) is 24.1 Å². The standard InChI is InChI=1S/C30H41N.C2H6/c1-10-15-28(4,5)18-23-13-11-12-14-24(23)21(2)16-22(3)27-17-25-26(19-31-27)30(8,9)20-29(25,6)7;1-2/h11-14,16-17,19H,3,10,15,18,20H2,1-2,4-9H3;1-2H3/b21-16+;. The van der Waals surface area contributed by atoms with Crippen molar-refractivity contribution in [1.82, 2.24) is 4.98 Å². The maximum absolute atomic E-state index is 4.82. The number of nitrogens with zero attached hydrogens (tertiary/aromatic N) is 1. The van der Waals surface area contributed by atoms with Gasteiger partial charge in [0.1, 0.15) is 0 Å². The Morgan fingerprint density at radius 1 is 1.06 bits per heavy atom. The molecular formula is C32H47N. The molecule has 0 atom stereocenters. The molecule has 0 amide bonds.